The Hall–Kier alpha value is -1.93. The van der Waals surface area contributed by atoms with Crippen LogP contribution in [0.2, 0.25) is 0 Å². The number of rotatable bonds is 4. The van der Waals surface area contributed by atoms with E-state index in [1.165, 1.54) is 6.92 Å². The Morgan fingerprint density at radius 3 is 2.70 bits per heavy atom. The van der Waals surface area contributed by atoms with Crippen LogP contribution >= 0.6 is 15.9 Å². The quantitative estimate of drug-likeness (QED) is 0.658. The number of fused-ring (bicyclic) bond motifs is 1. The largest absolute Gasteiger partial charge is 0.392 e. The second-order valence-corrected chi connectivity index (χ2v) is 6.17. The number of likely N-dealkylation sites (N-methyl/N-ethyl adjacent to an activating group) is 1. The fourth-order valence-corrected chi connectivity index (χ4v) is 2.77. The predicted molar refractivity (Wildman–Crippen MR) is 87.7 cm³/mol. The van der Waals surface area contributed by atoms with Crippen molar-refractivity contribution in [2.45, 2.75) is 26.0 Å². The minimum atomic E-state index is -0.909. The SMILES string of the molecule is CCN1C(=O)C(NC(=O)C(=O)NC[C@@H](C)O)c2cc(Br)ccc21. The van der Waals surface area contributed by atoms with E-state index in [0.29, 0.717) is 12.1 Å². The number of nitrogens with one attached hydrogen (secondary N) is 2. The highest BCUT2D eigenvalue weighted by Crippen LogP contribution is 2.37. The summed E-state index contributed by atoms with van der Waals surface area (Å²) in [4.78, 5) is 37.7. The summed E-state index contributed by atoms with van der Waals surface area (Å²) < 4.78 is 0.778. The van der Waals surface area contributed by atoms with Crippen molar-refractivity contribution < 1.29 is 19.5 Å². The van der Waals surface area contributed by atoms with E-state index in [9.17, 15) is 14.4 Å². The fraction of sp³-hybridized carbons (Fsp3) is 0.400. The lowest BCUT2D eigenvalue weighted by molar-refractivity contribution is -0.140. The molecule has 124 valence electrons. The van der Waals surface area contributed by atoms with Crippen molar-refractivity contribution >= 4 is 39.3 Å². The zero-order chi connectivity index (χ0) is 17.1. The number of benzene rings is 1. The van der Waals surface area contributed by atoms with Gasteiger partial charge in [0.15, 0.2) is 0 Å². The van der Waals surface area contributed by atoms with Crippen LogP contribution in [0.3, 0.4) is 0 Å². The second kappa shape index (κ2) is 7.10. The first-order valence-electron chi connectivity index (χ1n) is 7.22. The molecule has 0 saturated carbocycles. The van der Waals surface area contributed by atoms with Crippen molar-refractivity contribution in [3.63, 3.8) is 0 Å². The third-order valence-corrected chi connectivity index (χ3v) is 3.95. The van der Waals surface area contributed by atoms with E-state index in [2.05, 4.69) is 26.6 Å². The number of aliphatic hydroxyl groups is 1. The van der Waals surface area contributed by atoms with Crippen LogP contribution in [0.25, 0.3) is 0 Å². The van der Waals surface area contributed by atoms with E-state index in [4.69, 9.17) is 5.11 Å². The van der Waals surface area contributed by atoms with Crippen LogP contribution in [0.1, 0.15) is 25.5 Å². The van der Waals surface area contributed by atoms with Gasteiger partial charge in [0.05, 0.1) is 6.10 Å². The minimum Gasteiger partial charge on any atom is -0.392 e. The second-order valence-electron chi connectivity index (χ2n) is 5.25. The van der Waals surface area contributed by atoms with Gasteiger partial charge in [-0.1, -0.05) is 15.9 Å². The van der Waals surface area contributed by atoms with Crippen molar-refractivity contribution in [2.24, 2.45) is 0 Å². The van der Waals surface area contributed by atoms with Crippen molar-refractivity contribution in [1.29, 1.82) is 0 Å². The maximum atomic E-state index is 12.5. The van der Waals surface area contributed by atoms with Gasteiger partial charge in [-0.15, -0.1) is 0 Å². The molecule has 1 heterocycles. The molecule has 2 atom stereocenters. The highest BCUT2D eigenvalue weighted by atomic mass is 79.9. The molecule has 0 radical (unpaired) electrons. The molecule has 0 spiro atoms. The van der Waals surface area contributed by atoms with E-state index in [-0.39, 0.29) is 12.5 Å². The van der Waals surface area contributed by atoms with Crippen LogP contribution in [0.15, 0.2) is 22.7 Å². The summed E-state index contributed by atoms with van der Waals surface area (Å²) >= 11 is 3.34. The van der Waals surface area contributed by atoms with Crippen LogP contribution < -0.4 is 15.5 Å². The Morgan fingerprint density at radius 1 is 1.39 bits per heavy atom. The van der Waals surface area contributed by atoms with Crippen LogP contribution in [0.4, 0.5) is 5.69 Å². The molecule has 2 rings (SSSR count). The highest BCUT2D eigenvalue weighted by Gasteiger charge is 2.38. The lowest BCUT2D eigenvalue weighted by Crippen LogP contribution is -2.45. The normalized spacial score (nSPS) is 17.7. The van der Waals surface area contributed by atoms with Gasteiger partial charge in [0.1, 0.15) is 6.04 Å². The average molecular weight is 384 g/mol. The smallest absolute Gasteiger partial charge is 0.310 e. The molecule has 3 N–H and O–H groups in total. The number of amides is 3. The predicted octanol–water partition coefficient (Wildman–Crippen LogP) is 0.470. The summed E-state index contributed by atoms with van der Waals surface area (Å²) in [6, 6.07) is 4.46. The number of nitrogens with zero attached hydrogens (tertiary/aromatic N) is 1. The lowest BCUT2D eigenvalue weighted by atomic mass is 10.1. The van der Waals surface area contributed by atoms with Crippen LogP contribution in [-0.4, -0.2) is 42.0 Å². The number of hydrogen-bond donors (Lipinski definition) is 3. The summed E-state index contributed by atoms with van der Waals surface area (Å²) in [6.07, 6.45) is -0.757. The van der Waals surface area contributed by atoms with E-state index in [1.807, 2.05) is 13.0 Å². The summed E-state index contributed by atoms with van der Waals surface area (Å²) in [5.41, 5.74) is 1.36. The molecule has 7 nitrogen and oxygen atoms in total. The molecule has 0 fully saturated rings. The average Bonchev–Trinajstić information content (AvgIpc) is 2.76. The van der Waals surface area contributed by atoms with Crippen molar-refractivity contribution in [3.05, 3.63) is 28.2 Å². The van der Waals surface area contributed by atoms with Crippen LogP contribution in [0, 0.1) is 0 Å². The Bertz CT molecular complexity index is 648. The number of hydrogen-bond acceptors (Lipinski definition) is 4. The number of carbonyl (C=O) groups excluding carboxylic acids is 3. The molecule has 3 amide bonds. The van der Waals surface area contributed by atoms with Gasteiger partial charge >= 0.3 is 11.8 Å². The maximum absolute atomic E-state index is 12.5. The summed E-state index contributed by atoms with van der Waals surface area (Å²) in [5.74, 6) is -2.07. The van der Waals surface area contributed by atoms with Gasteiger partial charge in [-0.3, -0.25) is 14.4 Å². The number of carbonyl (C=O) groups is 3. The van der Waals surface area contributed by atoms with Crippen LogP contribution in [0.5, 0.6) is 0 Å². The monoisotopic (exact) mass is 383 g/mol. The van der Waals surface area contributed by atoms with E-state index in [1.54, 1.807) is 17.0 Å². The number of aliphatic hydroxyl groups excluding tert-OH is 1. The first-order valence-corrected chi connectivity index (χ1v) is 8.02. The Kier molecular flexibility index (Phi) is 5.38. The van der Waals surface area contributed by atoms with Gasteiger partial charge in [-0.05, 0) is 32.0 Å². The zero-order valence-corrected chi connectivity index (χ0v) is 14.4. The van der Waals surface area contributed by atoms with Gasteiger partial charge in [0.25, 0.3) is 5.91 Å². The molecule has 0 aromatic heterocycles. The molecule has 0 saturated heterocycles. The standard InChI is InChI=1S/C15H18BrN3O4/c1-3-19-11-5-4-9(16)6-10(11)12(15(19)23)18-14(22)13(21)17-7-8(2)20/h4-6,8,12,20H,3,7H2,1-2H3,(H,17,21)(H,18,22)/t8-,12?/m1/s1. The van der Waals surface area contributed by atoms with Crippen molar-refractivity contribution in [1.82, 2.24) is 10.6 Å². The van der Waals surface area contributed by atoms with Gasteiger partial charge in [0, 0.05) is 28.8 Å². The topological polar surface area (TPSA) is 98.7 Å². The van der Waals surface area contributed by atoms with Gasteiger partial charge in [0.2, 0.25) is 0 Å². The maximum Gasteiger partial charge on any atom is 0.310 e. The molecular formula is C15H18BrN3O4. The first-order chi connectivity index (χ1) is 10.8. The Labute approximate surface area is 142 Å². The van der Waals surface area contributed by atoms with Gasteiger partial charge in [-0.2, -0.15) is 0 Å². The molecule has 8 heteroatoms. The van der Waals surface area contributed by atoms with Gasteiger partial charge in [-0.25, -0.2) is 0 Å². The molecule has 0 aliphatic carbocycles. The lowest BCUT2D eigenvalue weighted by Gasteiger charge is -2.15. The van der Waals surface area contributed by atoms with E-state index in [0.717, 1.165) is 10.2 Å². The van der Waals surface area contributed by atoms with Crippen LogP contribution in [-0.2, 0) is 14.4 Å². The van der Waals surface area contributed by atoms with E-state index < -0.39 is 24.0 Å². The van der Waals surface area contributed by atoms with Gasteiger partial charge < -0.3 is 20.6 Å². The summed E-state index contributed by atoms with van der Waals surface area (Å²) in [6.45, 7) is 3.76. The third kappa shape index (κ3) is 3.70. The van der Waals surface area contributed by atoms with Crippen molar-refractivity contribution in [3.8, 4) is 0 Å². The number of anilines is 1. The highest BCUT2D eigenvalue weighted by molar-refractivity contribution is 9.10. The molecule has 23 heavy (non-hydrogen) atoms. The summed E-state index contributed by atoms with van der Waals surface area (Å²) in [7, 11) is 0. The molecule has 1 aliphatic rings. The first kappa shape index (κ1) is 17.4. The van der Waals surface area contributed by atoms with Crippen molar-refractivity contribution in [2.75, 3.05) is 18.0 Å². The molecule has 1 unspecified atom stereocenters. The molecule has 1 aromatic carbocycles. The fourth-order valence-electron chi connectivity index (χ4n) is 2.39. The molecule has 1 aliphatic heterocycles. The van der Waals surface area contributed by atoms with E-state index >= 15 is 0 Å². The molecular weight excluding hydrogens is 366 g/mol. The number of halogens is 1. The minimum absolute atomic E-state index is 0.0336. The summed E-state index contributed by atoms with van der Waals surface area (Å²) in [5, 5.41) is 13.9. The zero-order valence-electron chi connectivity index (χ0n) is 12.8. The molecule has 0 bridgehead atoms. The Balaban J connectivity index is 2.17. The molecule has 1 aromatic rings. The third-order valence-electron chi connectivity index (χ3n) is 3.46. The Morgan fingerprint density at radius 2 is 2.09 bits per heavy atom.